The predicted molar refractivity (Wildman–Crippen MR) is 142 cm³/mol. The van der Waals surface area contributed by atoms with Gasteiger partial charge in [0.05, 0.1) is 16.1 Å². The summed E-state index contributed by atoms with van der Waals surface area (Å²) in [6, 6.07) is 24.3. The first kappa shape index (κ1) is 20.8. The molecule has 0 bridgehead atoms. The highest BCUT2D eigenvalue weighted by Gasteiger charge is 2.25. The van der Waals surface area contributed by atoms with Gasteiger partial charge in [0.1, 0.15) is 0 Å². The quantitative estimate of drug-likeness (QED) is 0.324. The van der Waals surface area contributed by atoms with Crippen LogP contribution < -0.4 is 10.2 Å². The fraction of sp³-hybridized carbons (Fsp3) is 0.241. The number of thiophene rings is 1. The summed E-state index contributed by atoms with van der Waals surface area (Å²) in [7, 11) is 0. The van der Waals surface area contributed by atoms with E-state index in [0.717, 1.165) is 24.9 Å². The molecule has 3 aromatic carbocycles. The van der Waals surface area contributed by atoms with E-state index in [1.807, 2.05) is 11.3 Å². The molecule has 1 atom stereocenters. The SMILES string of the molecule is CCC(C)N(C1=C(Nc2ccccc2)CCC=C1)c1c(C)ccc2c1sc1ccccc12. The van der Waals surface area contributed by atoms with Gasteiger partial charge in [-0.2, -0.15) is 0 Å². The van der Waals surface area contributed by atoms with Crippen LogP contribution in [0.25, 0.3) is 20.2 Å². The van der Waals surface area contributed by atoms with Gasteiger partial charge in [0.2, 0.25) is 0 Å². The number of anilines is 2. The normalized spacial score (nSPS) is 14.8. The zero-order valence-electron chi connectivity index (χ0n) is 19.1. The van der Waals surface area contributed by atoms with Crippen LogP contribution in [0.2, 0.25) is 0 Å². The van der Waals surface area contributed by atoms with E-state index in [1.54, 1.807) is 0 Å². The Labute approximate surface area is 194 Å². The topological polar surface area (TPSA) is 15.3 Å². The van der Waals surface area contributed by atoms with Crippen molar-refractivity contribution in [2.75, 3.05) is 10.2 Å². The predicted octanol–water partition coefficient (Wildman–Crippen LogP) is 8.64. The molecule has 1 unspecified atom stereocenters. The van der Waals surface area contributed by atoms with Crippen molar-refractivity contribution < 1.29 is 0 Å². The summed E-state index contributed by atoms with van der Waals surface area (Å²) in [5.41, 5.74) is 6.43. The number of fused-ring (bicyclic) bond motifs is 3. The Morgan fingerprint density at radius 1 is 0.969 bits per heavy atom. The first-order valence-corrected chi connectivity index (χ1v) is 12.4. The second-order valence-electron chi connectivity index (χ2n) is 8.63. The number of hydrogen-bond donors (Lipinski definition) is 1. The van der Waals surface area contributed by atoms with Crippen molar-refractivity contribution in [3.05, 3.63) is 95.8 Å². The van der Waals surface area contributed by atoms with Gasteiger partial charge in [0.15, 0.2) is 0 Å². The highest BCUT2D eigenvalue weighted by molar-refractivity contribution is 7.26. The molecule has 1 heterocycles. The number of rotatable bonds is 6. The number of para-hydroxylation sites is 1. The van der Waals surface area contributed by atoms with Gasteiger partial charge in [-0.15, -0.1) is 11.3 Å². The largest absolute Gasteiger partial charge is 0.357 e. The molecular weight excluding hydrogens is 408 g/mol. The molecule has 162 valence electrons. The standard InChI is InChI=1S/C29H30N2S/c1-4-21(3)31(26-16-10-9-15-25(26)30-22-12-6-5-7-13-22)28-20(2)18-19-24-23-14-8-11-17-27(23)32-29(24)28/h5-8,10-14,16-19,21,30H,4,9,15H2,1-3H3. The molecule has 1 aromatic heterocycles. The van der Waals surface area contributed by atoms with Crippen LogP contribution in [-0.2, 0) is 0 Å². The smallest absolute Gasteiger partial charge is 0.0625 e. The third kappa shape index (κ3) is 3.71. The lowest BCUT2D eigenvalue weighted by atomic mass is 10.0. The van der Waals surface area contributed by atoms with Crippen LogP contribution in [0.1, 0.15) is 38.7 Å². The molecule has 0 fully saturated rings. The summed E-state index contributed by atoms with van der Waals surface area (Å²) in [4.78, 5) is 2.59. The Morgan fingerprint density at radius 3 is 2.56 bits per heavy atom. The number of nitrogens with one attached hydrogen (secondary N) is 1. The number of hydrogen-bond acceptors (Lipinski definition) is 3. The molecule has 0 saturated carbocycles. The molecule has 0 radical (unpaired) electrons. The fourth-order valence-corrected chi connectivity index (χ4v) is 5.93. The third-order valence-electron chi connectivity index (χ3n) is 6.47. The van der Waals surface area contributed by atoms with Gasteiger partial charge < -0.3 is 10.2 Å². The van der Waals surface area contributed by atoms with Gasteiger partial charge in [-0.25, -0.2) is 0 Å². The summed E-state index contributed by atoms with van der Waals surface area (Å²) in [6.07, 6.45) is 7.82. The van der Waals surface area contributed by atoms with Crippen LogP contribution in [0.15, 0.2) is 90.3 Å². The van der Waals surface area contributed by atoms with Gasteiger partial charge in [-0.1, -0.05) is 61.5 Å². The van der Waals surface area contributed by atoms with E-state index in [9.17, 15) is 0 Å². The maximum atomic E-state index is 3.74. The minimum Gasteiger partial charge on any atom is -0.357 e. The van der Waals surface area contributed by atoms with Gasteiger partial charge in [0, 0.05) is 32.9 Å². The van der Waals surface area contributed by atoms with Crippen molar-refractivity contribution >= 4 is 42.9 Å². The Morgan fingerprint density at radius 2 is 1.75 bits per heavy atom. The van der Waals surface area contributed by atoms with Crippen molar-refractivity contribution in [3.63, 3.8) is 0 Å². The van der Waals surface area contributed by atoms with Crippen molar-refractivity contribution in [2.24, 2.45) is 0 Å². The summed E-state index contributed by atoms with van der Waals surface area (Å²) >= 11 is 1.92. The zero-order valence-corrected chi connectivity index (χ0v) is 19.9. The average molecular weight is 439 g/mol. The monoisotopic (exact) mass is 438 g/mol. The zero-order chi connectivity index (χ0) is 22.1. The van der Waals surface area contributed by atoms with E-state index < -0.39 is 0 Å². The minimum atomic E-state index is 0.384. The number of aryl methyl sites for hydroxylation is 1. The molecule has 0 aliphatic heterocycles. The highest BCUT2D eigenvalue weighted by atomic mass is 32.1. The van der Waals surface area contributed by atoms with Crippen molar-refractivity contribution in [1.29, 1.82) is 0 Å². The Hall–Kier alpha value is -3.04. The van der Waals surface area contributed by atoms with Crippen LogP contribution >= 0.6 is 11.3 Å². The Kier molecular flexibility index (Phi) is 5.75. The van der Waals surface area contributed by atoms with Crippen molar-refractivity contribution in [1.82, 2.24) is 0 Å². The maximum Gasteiger partial charge on any atom is 0.0625 e. The van der Waals surface area contributed by atoms with Crippen LogP contribution in [0, 0.1) is 6.92 Å². The van der Waals surface area contributed by atoms with Crippen molar-refractivity contribution in [2.45, 2.75) is 46.1 Å². The Bertz CT molecular complexity index is 1310. The van der Waals surface area contributed by atoms with E-state index >= 15 is 0 Å². The molecule has 1 N–H and O–H groups in total. The first-order valence-electron chi connectivity index (χ1n) is 11.6. The molecular formula is C29H30N2S. The minimum absolute atomic E-state index is 0.384. The molecule has 3 heteroatoms. The molecule has 4 aromatic rings. The first-order chi connectivity index (χ1) is 15.7. The molecule has 32 heavy (non-hydrogen) atoms. The van der Waals surface area contributed by atoms with Crippen LogP contribution in [-0.4, -0.2) is 6.04 Å². The fourth-order valence-electron chi connectivity index (χ4n) is 4.63. The lowest BCUT2D eigenvalue weighted by molar-refractivity contribution is 0.664. The molecule has 0 spiro atoms. The van der Waals surface area contributed by atoms with Crippen LogP contribution in [0.5, 0.6) is 0 Å². The van der Waals surface area contributed by atoms with E-state index in [4.69, 9.17) is 0 Å². The molecule has 0 saturated heterocycles. The van der Waals surface area contributed by atoms with Gasteiger partial charge >= 0.3 is 0 Å². The number of benzene rings is 3. The molecule has 0 amide bonds. The van der Waals surface area contributed by atoms with E-state index in [0.29, 0.717) is 6.04 Å². The number of nitrogens with zero attached hydrogens (tertiary/aromatic N) is 1. The summed E-state index contributed by atoms with van der Waals surface area (Å²) < 4.78 is 2.74. The summed E-state index contributed by atoms with van der Waals surface area (Å²) in [5.74, 6) is 0. The Balaban J connectivity index is 1.73. The van der Waals surface area contributed by atoms with Crippen LogP contribution in [0.3, 0.4) is 0 Å². The molecule has 1 aliphatic carbocycles. The molecule has 2 nitrogen and oxygen atoms in total. The van der Waals surface area contributed by atoms with E-state index in [-0.39, 0.29) is 0 Å². The van der Waals surface area contributed by atoms with Gasteiger partial charge in [-0.05, 0) is 62.9 Å². The molecule has 5 rings (SSSR count). The lowest BCUT2D eigenvalue weighted by Crippen LogP contribution is -2.34. The number of allylic oxidation sites excluding steroid dienone is 3. The average Bonchev–Trinajstić information content (AvgIpc) is 3.21. The summed E-state index contributed by atoms with van der Waals surface area (Å²) in [5, 5.41) is 6.46. The lowest BCUT2D eigenvalue weighted by Gasteiger charge is -2.36. The van der Waals surface area contributed by atoms with E-state index in [2.05, 4.69) is 110 Å². The van der Waals surface area contributed by atoms with E-state index in [1.165, 1.54) is 42.8 Å². The van der Waals surface area contributed by atoms with Gasteiger partial charge in [0.25, 0.3) is 0 Å². The maximum absolute atomic E-state index is 3.74. The third-order valence-corrected chi connectivity index (χ3v) is 7.66. The highest BCUT2D eigenvalue weighted by Crippen LogP contribution is 2.44. The second-order valence-corrected chi connectivity index (χ2v) is 9.68. The molecule has 1 aliphatic rings. The van der Waals surface area contributed by atoms with Crippen molar-refractivity contribution in [3.8, 4) is 0 Å². The summed E-state index contributed by atoms with van der Waals surface area (Å²) in [6.45, 7) is 6.89. The second kappa shape index (κ2) is 8.84. The van der Waals surface area contributed by atoms with Gasteiger partial charge in [-0.3, -0.25) is 0 Å². The van der Waals surface area contributed by atoms with Crippen LogP contribution in [0.4, 0.5) is 11.4 Å².